The van der Waals surface area contributed by atoms with Gasteiger partial charge in [0.25, 0.3) is 5.91 Å². The maximum absolute atomic E-state index is 12.2. The lowest BCUT2D eigenvalue weighted by Gasteiger charge is -2.19. The summed E-state index contributed by atoms with van der Waals surface area (Å²) in [6.45, 7) is 6.27. The third-order valence-corrected chi connectivity index (χ3v) is 3.78. The second-order valence-corrected chi connectivity index (χ2v) is 6.63. The molecule has 6 heteroatoms. The fourth-order valence-electron chi connectivity index (χ4n) is 1.89. The van der Waals surface area contributed by atoms with Gasteiger partial charge in [-0.2, -0.15) is 0 Å². The van der Waals surface area contributed by atoms with Crippen molar-refractivity contribution in [3.05, 3.63) is 29.3 Å². The Hall–Kier alpha value is -1.40. The fourth-order valence-corrected chi connectivity index (χ4v) is 2.70. The molecule has 1 amide bonds. The molecule has 0 fully saturated rings. The summed E-state index contributed by atoms with van der Waals surface area (Å²) in [6, 6.07) is 4.54. The lowest BCUT2D eigenvalue weighted by Crippen LogP contribution is -2.30. The first-order valence-corrected chi connectivity index (χ1v) is 7.56. The Morgan fingerprint density at radius 3 is 2.42 bits per heavy atom. The maximum Gasteiger partial charge on any atom is 0.253 e. The van der Waals surface area contributed by atoms with E-state index in [1.54, 1.807) is 31.0 Å². The Morgan fingerprint density at radius 2 is 1.95 bits per heavy atom. The van der Waals surface area contributed by atoms with Gasteiger partial charge in [0.1, 0.15) is 0 Å². The molecule has 0 heterocycles. The number of amides is 1. The zero-order chi connectivity index (χ0) is 14.8. The van der Waals surface area contributed by atoms with E-state index in [1.807, 2.05) is 13.8 Å². The largest absolute Gasteiger partial charge is 0.341 e. The average molecular weight is 284 g/mol. The van der Waals surface area contributed by atoms with Crippen molar-refractivity contribution in [2.24, 2.45) is 11.1 Å². The number of sulfonamides is 1. The number of nitrogens with two attached hydrogens (primary N) is 1. The highest BCUT2D eigenvalue weighted by atomic mass is 32.2. The SMILES string of the molecule is Cc1ccc(C(=O)N(C)CC(C)C)cc1S(N)(=O)=O. The molecule has 0 atom stereocenters. The van der Waals surface area contributed by atoms with E-state index in [0.29, 0.717) is 23.6 Å². The Kier molecular flexibility index (Phi) is 4.70. The zero-order valence-electron chi connectivity index (χ0n) is 11.7. The molecule has 0 saturated heterocycles. The molecule has 0 unspecified atom stereocenters. The van der Waals surface area contributed by atoms with Crippen LogP contribution in [-0.2, 0) is 10.0 Å². The minimum atomic E-state index is -3.81. The van der Waals surface area contributed by atoms with Gasteiger partial charge in [-0.25, -0.2) is 13.6 Å². The number of hydrogen-bond acceptors (Lipinski definition) is 3. The summed E-state index contributed by atoms with van der Waals surface area (Å²) >= 11 is 0. The van der Waals surface area contributed by atoms with Crippen molar-refractivity contribution in [3.63, 3.8) is 0 Å². The van der Waals surface area contributed by atoms with Crippen LogP contribution in [0.25, 0.3) is 0 Å². The van der Waals surface area contributed by atoms with E-state index in [0.717, 1.165) is 0 Å². The molecule has 19 heavy (non-hydrogen) atoms. The summed E-state index contributed by atoms with van der Waals surface area (Å²) < 4.78 is 22.9. The van der Waals surface area contributed by atoms with Crippen molar-refractivity contribution in [1.82, 2.24) is 4.90 Å². The monoisotopic (exact) mass is 284 g/mol. The molecular formula is C13H20N2O3S. The average Bonchev–Trinajstić information content (AvgIpc) is 2.26. The van der Waals surface area contributed by atoms with Crippen LogP contribution < -0.4 is 5.14 Å². The molecule has 1 rings (SSSR count). The topological polar surface area (TPSA) is 80.5 Å². The van der Waals surface area contributed by atoms with Gasteiger partial charge >= 0.3 is 0 Å². The zero-order valence-corrected chi connectivity index (χ0v) is 12.5. The van der Waals surface area contributed by atoms with E-state index in [2.05, 4.69) is 0 Å². The first-order chi connectivity index (χ1) is 8.62. The second kappa shape index (κ2) is 5.71. The third-order valence-electron chi connectivity index (χ3n) is 2.73. The van der Waals surface area contributed by atoms with Crippen LogP contribution in [-0.4, -0.2) is 32.8 Å². The minimum absolute atomic E-state index is 0.00343. The van der Waals surface area contributed by atoms with Gasteiger partial charge in [0, 0.05) is 19.2 Å². The van der Waals surface area contributed by atoms with E-state index in [4.69, 9.17) is 5.14 Å². The smallest absolute Gasteiger partial charge is 0.253 e. The van der Waals surface area contributed by atoms with E-state index in [1.165, 1.54) is 6.07 Å². The predicted octanol–water partition coefficient (Wildman–Crippen LogP) is 1.37. The molecule has 0 aliphatic rings. The molecule has 106 valence electrons. The molecular weight excluding hydrogens is 264 g/mol. The molecule has 0 aliphatic heterocycles. The molecule has 2 N–H and O–H groups in total. The van der Waals surface area contributed by atoms with Crippen LogP contribution in [0.2, 0.25) is 0 Å². The van der Waals surface area contributed by atoms with Gasteiger partial charge in [0.05, 0.1) is 4.90 Å². The summed E-state index contributed by atoms with van der Waals surface area (Å²) in [5.41, 5.74) is 0.864. The number of carbonyl (C=O) groups is 1. The first kappa shape index (κ1) is 15.7. The summed E-state index contributed by atoms with van der Waals surface area (Å²) in [6.07, 6.45) is 0. The Morgan fingerprint density at radius 1 is 1.37 bits per heavy atom. The molecule has 0 bridgehead atoms. The fraction of sp³-hybridized carbons (Fsp3) is 0.462. The van der Waals surface area contributed by atoms with Crippen molar-refractivity contribution in [3.8, 4) is 0 Å². The standard InChI is InChI=1S/C13H20N2O3S/c1-9(2)8-15(4)13(16)11-6-5-10(3)12(7-11)19(14,17)18/h5-7,9H,8H2,1-4H3,(H2,14,17,18). The Labute approximate surface area is 114 Å². The van der Waals surface area contributed by atoms with Crippen LogP contribution in [0.4, 0.5) is 0 Å². The van der Waals surface area contributed by atoms with Gasteiger partial charge in [0.15, 0.2) is 0 Å². The van der Waals surface area contributed by atoms with Crippen molar-refractivity contribution in [2.75, 3.05) is 13.6 Å². The summed E-state index contributed by atoms with van der Waals surface area (Å²) in [5.74, 6) is 0.135. The highest BCUT2D eigenvalue weighted by molar-refractivity contribution is 7.89. The number of rotatable bonds is 4. The van der Waals surface area contributed by atoms with E-state index in [9.17, 15) is 13.2 Å². The first-order valence-electron chi connectivity index (χ1n) is 6.02. The number of nitrogens with zero attached hydrogens (tertiary/aromatic N) is 1. The Bertz CT molecular complexity index is 580. The molecule has 0 aliphatic carbocycles. The van der Waals surface area contributed by atoms with Crippen LogP contribution in [0.15, 0.2) is 23.1 Å². The number of carbonyl (C=O) groups excluding carboxylic acids is 1. The van der Waals surface area contributed by atoms with Crippen LogP contribution >= 0.6 is 0 Å². The van der Waals surface area contributed by atoms with Crippen molar-refractivity contribution >= 4 is 15.9 Å². The predicted molar refractivity (Wildman–Crippen MR) is 74.4 cm³/mol. The van der Waals surface area contributed by atoms with Crippen molar-refractivity contribution < 1.29 is 13.2 Å². The summed E-state index contributed by atoms with van der Waals surface area (Å²) in [5, 5.41) is 5.13. The van der Waals surface area contributed by atoms with E-state index < -0.39 is 10.0 Å². The highest BCUT2D eigenvalue weighted by Crippen LogP contribution is 2.17. The minimum Gasteiger partial charge on any atom is -0.341 e. The van der Waals surface area contributed by atoms with Gasteiger partial charge in [-0.15, -0.1) is 0 Å². The Balaban J connectivity index is 3.13. The van der Waals surface area contributed by atoms with Crippen LogP contribution in [0, 0.1) is 12.8 Å². The molecule has 0 aromatic heterocycles. The normalized spacial score (nSPS) is 11.7. The molecule has 0 saturated carbocycles. The molecule has 0 spiro atoms. The van der Waals surface area contributed by atoms with Crippen LogP contribution in [0.5, 0.6) is 0 Å². The van der Waals surface area contributed by atoms with Gasteiger partial charge in [-0.05, 0) is 30.5 Å². The quantitative estimate of drug-likeness (QED) is 0.906. The third kappa shape index (κ3) is 4.04. The van der Waals surface area contributed by atoms with Gasteiger partial charge in [-0.1, -0.05) is 19.9 Å². The van der Waals surface area contributed by atoms with Crippen LogP contribution in [0.1, 0.15) is 29.8 Å². The van der Waals surface area contributed by atoms with Gasteiger partial charge in [-0.3, -0.25) is 4.79 Å². The summed E-state index contributed by atoms with van der Waals surface area (Å²) in [7, 11) is -2.12. The maximum atomic E-state index is 12.2. The number of primary sulfonamides is 1. The van der Waals surface area contributed by atoms with Gasteiger partial charge < -0.3 is 4.90 Å². The van der Waals surface area contributed by atoms with Crippen molar-refractivity contribution in [1.29, 1.82) is 0 Å². The summed E-state index contributed by atoms with van der Waals surface area (Å²) in [4.78, 5) is 13.7. The molecule has 5 nitrogen and oxygen atoms in total. The number of aryl methyl sites for hydroxylation is 1. The number of hydrogen-bond donors (Lipinski definition) is 1. The van der Waals surface area contributed by atoms with Crippen molar-refractivity contribution in [2.45, 2.75) is 25.7 Å². The highest BCUT2D eigenvalue weighted by Gasteiger charge is 2.17. The molecule has 1 aromatic rings. The second-order valence-electron chi connectivity index (χ2n) is 5.10. The molecule has 0 radical (unpaired) electrons. The lowest BCUT2D eigenvalue weighted by molar-refractivity contribution is 0.0779. The van der Waals surface area contributed by atoms with Crippen LogP contribution in [0.3, 0.4) is 0 Å². The van der Waals surface area contributed by atoms with E-state index >= 15 is 0 Å². The molecule has 1 aromatic carbocycles. The van der Waals surface area contributed by atoms with Gasteiger partial charge in [0.2, 0.25) is 10.0 Å². The lowest BCUT2D eigenvalue weighted by atomic mass is 10.1. The number of benzene rings is 1. The van der Waals surface area contributed by atoms with E-state index in [-0.39, 0.29) is 10.8 Å².